The van der Waals surface area contributed by atoms with Crippen LogP contribution >= 0.6 is 0 Å². The number of rotatable bonds is 2. The van der Waals surface area contributed by atoms with E-state index in [4.69, 9.17) is 0 Å². The van der Waals surface area contributed by atoms with E-state index in [2.05, 4.69) is 38.2 Å². The molecule has 1 N–H and O–H groups in total. The van der Waals surface area contributed by atoms with Crippen LogP contribution in [0.1, 0.15) is 13.8 Å². The van der Waals surface area contributed by atoms with E-state index in [0.717, 1.165) is 0 Å². The van der Waals surface area contributed by atoms with Gasteiger partial charge < -0.3 is 5.11 Å². The van der Waals surface area contributed by atoms with Gasteiger partial charge in [-0.1, -0.05) is 62.5 Å². The van der Waals surface area contributed by atoms with Crippen LogP contribution in [0.5, 0.6) is 0 Å². The summed E-state index contributed by atoms with van der Waals surface area (Å²) in [5.74, 6) is 0. The van der Waals surface area contributed by atoms with Crippen molar-refractivity contribution in [1.29, 1.82) is 0 Å². The van der Waals surface area contributed by atoms with Gasteiger partial charge in [0, 0.05) is 36.7 Å². The van der Waals surface area contributed by atoms with Crippen LogP contribution in [0.25, 0.3) is 0 Å². The zero-order chi connectivity index (χ0) is 10.2. The van der Waals surface area contributed by atoms with Gasteiger partial charge in [0.15, 0.2) is 0 Å². The first kappa shape index (κ1) is 12.9. The maximum absolute atomic E-state index is 10.4. The second-order valence-electron chi connectivity index (χ2n) is 4.57. The fourth-order valence-corrected chi connectivity index (χ4v) is 2.20. The second-order valence-corrected chi connectivity index (χ2v) is 4.57. The molecule has 1 nitrogen and oxygen atoms in total. The van der Waals surface area contributed by atoms with Crippen LogP contribution in [0.2, 0.25) is 0 Å². The molecule has 0 spiro atoms. The van der Waals surface area contributed by atoms with Gasteiger partial charge in [0.05, 0.1) is 6.10 Å². The monoisotopic (exact) mass is 368 g/mol. The number of allylic oxidation sites excluding steroid dienone is 4. The molecule has 2 heteroatoms. The first-order valence-corrected chi connectivity index (χ1v) is 4.99. The molecule has 0 unspecified atom stereocenters. The van der Waals surface area contributed by atoms with E-state index in [0.29, 0.717) is 0 Å². The predicted molar refractivity (Wildman–Crippen MR) is 58.8 cm³/mol. The summed E-state index contributed by atoms with van der Waals surface area (Å²) in [4.78, 5) is 0. The normalized spacial score (nSPS) is 23.7. The number of aliphatic hydroxyl groups is 1. The maximum atomic E-state index is 10.4. The number of hydrogen-bond donors (Lipinski definition) is 1. The Bertz CT molecular complexity index is 292. The molecule has 0 amide bonds. The number of hydrogen-bond acceptors (Lipinski definition) is 1. The molecular formula is C13H16HfO. The average Bonchev–Trinajstić information content (AvgIpc) is 2.75. The van der Waals surface area contributed by atoms with Crippen molar-refractivity contribution in [2.45, 2.75) is 20.0 Å². The zero-order valence-electron chi connectivity index (χ0n) is 9.14. The topological polar surface area (TPSA) is 20.2 Å². The summed E-state index contributed by atoms with van der Waals surface area (Å²) < 4.78 is 0. The van der Waals surface area contributed by atoms with Gasteiger partial charge >= 0.3 is 0 Å². The Labute approximate surface area is 110 Å². The van der Waals surface area contributed by atoms with E-state index in [1.54, 1.807) is 0 Å². The largest absolute Gasteiger partial charge is 0.391 e. The first-order chi connectivity index (χ1) is 6.57. The Hall–Kier alpha value is -0.210. The van der Waals surface area contributed by atoms with Crippen LogP contribution in [0, 0.1) is 10.8 Å². The van der Waals surface area contributed by atoms with E-state index in [-0.39, 0.29) is 36.7 Å². The minimum absolute atomic E-state index is 0. The molecule has 0 fully saturated rings. The third kappa shape index (κ3) is 2.16. The SMILES string of the molecule is CC1(C(O)C2(C)C=CC=C2)C=CC=C1.[Hf]. The third-order valence-corrected chi connectivity index (χ3v) is 3.22. The molecule has 0 heterocycles. The molecule has 2 aliphatic carbocycles. The van der Waals surface area contributed by atoms with Crippen molar-refractivity contribution in [2.75, 3.05) is 0 Å². The Balaban J connectivity index is 0.00000112. The van der Waals surface area contributed by atoms with E-state index in [1.165, 1.54) is 0 Å². The van der Waals surface area contributed by atoms with Gasteiger partial charge in [-0.05, 0) is 0 Å². The molecule has 0 aromatic rings. The molecule has 0 saturated heterocycles. The van der Waals surface area contributed by atoms with Crippen molar-refractivity contribution < 1.29 is 30.9 Å². The molecule has 15 heavy (non-hydrogen) atoms. The summed E-state index contributed by atoms with van der Waals surface area (Å²) >= 11 is 0. The van der Waals surface area contributed by atoms with Crippen molar-refractivity contribution in [3.05, 3.63) is 48.6 Å². The van der Waals surface area contributed by atoms with E-state index >= 15 is 0 Å². The smallest absolute Gasteiger partial charge is 0.0785 e. The van der Waals surface area contributed by atoms with Gasteiger partial charge in [0.25, 0.3) is 0 Å². The molecule has 2 aliphatic rings. The van der Waals surface area contributed by atoms with Crippen LogP contribution in [0.15, 0.2) is 48.6 Å². The van der Waals surface area contributed by atoms with Crippen LogP contribution < -0.4 is 0 Å². The predicted octanol–water partition coefficient (Wildman–Crippen LogP) is 2.61. The Morgan fingerprint density at radius 2 is 1.07 bits per heavy atom. The van der Waals surface area contributed by atoms with E-state index in [1.807, 2.05) is 24.3 Å². The third-order valence-electron chi connectivity index (χ3n) is 3.22. The Kier molecular flexibility index (Phi) is 3.72. The van der Waals surface area contributed by atoms with E-state index < -0.39 is 6.10 Å². The standard InChI is InChI=1S/C13H16O.Hf/c1-12(7-3-4-8-12)11(14)13(2)9-5-6-10-13;/h3-11,14H,1-2H3;. The second kappa shape index (κ2) is 4.34. The van der Waals surface area contributed by atoms with Gasteiger partial charge in [-0.15, -0.1) is 0 Å². The maximum Gasteiger partial charge on any atom is 0.0785 e. The quantitative estimate of drug-likeness (QED) is 0.745. The zero-order valence-corrected chi connectivity index (χ0v) is 12.7. The summed E-state index contributed by atoms with van der Waals surface area (Å²) in [6.45, 7) is 4.12. The van der Waals surface area contributed by atoms with Gasteiger partial charge in [-0.25, -0.2) is 0 Å². The van der Waals surface area contributed by atoms with Crippen LogP contribution in [-0.4, -0.2) is 11.2 Å². The van der Waals surface area contributed by atoms with Gasteiger partial charge in [0.1, 0.15) is 0 Å². The van der Waals surface area contributed by atoms with Crippen molar-refractivity contribution in [3.63, 3.8) is 0 Å². The van der Waals surface area contributed by atoms with Crippen molar-refractivity contribution >= 4 is 0 Å². The Morgan fingerprint density at radius 1 is 0.800 bits per heavy atom. The fourth-order valence-electron chi connectivity index (χ4n) is 2.20. The molecule has 0 aromatic carbocycles. The minimum Gasteiger partial charge on any atom is -0.391 e. The number of aliphatic hydroxyl groups excluding tert-OH is 1. The van der Waals surface area contributed by atoms with E-state index in [9.17, 15) is 5.11 Å². The minimum atomic E-state index is -0.403. The van der Waals surface area contributed by atoms with Crippen molar-refractivity contribution in [3.8, 4) is 0 Å². The Morgan fingerprint density at radius 3 is 1.33 bits per heavy atom. The first-order valence-electron chi connectivity index (χ1n) is 4.99. The van der Waals surface area contributed by atoms with Gasteiger partial charge in [-0.2, -0.15) is 0 Å². The fraction of sp³-hybridized carbons (Fsp3) is 0.385. The van der Waals surface area contributed by atoms with Crippen molar-refractivity contribution in [1.82, 2.24) is 0 Å². The summed E-state index contributed by atoms with van der Waals surface area (Å²) in [5, 5.41) is 10.4. The molecule has 78 valence electrons. The summed E-state index contributed by atoms with van der Waals surface area (Å²) in [5.41, 5.74) is -0.457. The molecule has 2 rings (SSSR count). The molecule has 0 saturated carbocycles. The molecule has 0 aromatic heterocycles. The van der Waals surface area contributed by atoms with Crippen molar-refractivity contribution in [2.24, 2.45) is 10.8 Å². The summed E-state index contributed by atoms with van der Waals surface area (Å²) in [7, 11) is 0. The molecule has 0 aliphatic heterocycles. The van der Waals surface area contributed by atoms with Crippen LogP contribution in [0.4, 0.5) is 0 Å². The molecule has 0 radical (unpaired) electrons. The van der Waals surface area contributed by atoms with Crippen LogP contribution in [0.3, 0.4) is 0 Å². The molecule has 0 atom stereocenters. The average molecular weight is 367 g/mol. The molecular weight excluding hydrogens is 351 g/mol. The van der Waals surface area contributed by atoms with Gasteiger partial charge in [0.2, 0.25) is 0 Å². The van der Waals surface area contributed by atoms with Crippen LogP contribution in [-0.2, 0) is 25.8 Å². The molecule has 0 bridgehead atoms. The summed E-state index contributed by atoms with van der Waals surface area (Å²) in [6.07, 6.45) is 15.8. The summed E-state index contributed by atoms with van der Waals surface area (Å²) in [6, 6.07) is 0. The van der Waals surface area contributed by atoms with Gasteiger partial charge in [-0.3, -0.25) is 0 Å².